The van der Waals surface area contributed by atoms with E-state index in [9.17, 15) is 4.79 Å². The quantitative estimate of drug-likeness (QED) is 0.839. The molecule has 0 radical (unpaired) electrons. The monoisotopic (exact) mass is 298 g/mol. The molecule has 0 fully saturated rings. The van der Waals surface area contributed by atoms with Gasteiger partial charge in [0, 0.05) is 23.1 Å². The highest BCUT2D eigenvalue weighted by Gasteiger charge is 2.09. The van der Waals surface area contributed by atoms with E-state index in [0.717, 1.165) is 25.1 Å². The Hall–Kier alpha value is -1.03. The zero-order valence-corrected chi connectivity index (χ0v) is 12.0. The SMILES string of the molecule is O=C(Cc1ccc(Cl)cc1Cl)NCC1=CCNCC1. The first-order valence-corrected chi connectivity index (χ1v) is 7.00. The minimum Gasteiger partial charge on any atom is -0.352 e. The molecule has 102 valence electrons. The first-order valence-electron chi connectivity index (χ1n) is 6.24. The van der Waals surface area contributed by atoms with Crippen LogP contribution in [0.15, 0.2) is 29.8 Å². The van der Waals surface area contributed by atoms with Gasteiger partial charge in [0.15, 0.2) is 0 Å². The summed E-state index contributed by atoms with van der Waals surface area (Å²) in [5.74, 6) is -0.0244. The normalized spacial score (nSPS) is 14.9. The third kappa shape index (κ3) is 4.53. The Balaban J connectivity index is 1.85. The summed E-state index contributed by atoms with van der Waals surface area (Å²) in [7, 11) is 0. The van der Waals surface area contributed by atoms with Crippen molar-refractivity contribution in [2.24, 2.45) is 0 Å². The number of hydrogen-bond acceptors (Lipinski definition) is 2. The summed E-state index contributed by atoms with van der Waals surface area (Å²) < 4.78 is 0. The molecule has 1 aromatic carbocycles. The highest BCUT2D eigenvalue weighted by molar-refractivity contribution is 6.35. The van der Waals surface area contributed by atoms with E-state index in [1.807, 2.05) is 0 Å². The lowest BCUT2D eigenvalue weighted by Gasteiger charge is -2.14. The Morgan fingerprint density at radius 2 is 2.21 bits per heavy atom. The Morgan fingerprint density at radius 3 is 2.89 bits per heavy atom. The second-order valence-corrected chi connectivity index (χ2v) is 5.35. The largest absolute Gasteiger partial charge is 0.352 e. The van der Waals surface area contributed by atoms with Gasteiger partial charge in [-0.25, -0.2) is 0 Å². The van der Waals surface area contributed by atoms with Crippen molar-refractivity contribution >= 4 is 29.1 Å². The number of nitrogens with one attached hydrogen (secondary N) is 2. The third-order valence-electron chi connectivity index (χ3n) is 3.04. The summed E-state index contributed by atoms with van der Waals surface area (Å²) in [5, 5.41) is 7.26. The van der Waals surface area contributed by atoms with Crippen LogP contribution in [0.4, 0.5) is 0 Å². The minimum atomic E-state index is -0.0244. The van der Waals surface area contributed by atoms with E-state index in [0.29, 0.717) is 16.6 Å². The van der Waals surface area contributed by atoms with Crippen LogP contribution < -0.4 is 10.6 Å². The average molecular weight is 299 g/mol. The number of carbonyl (C=O) groups excluding carboxylic acids is 1. The lowest BCUT2D eigenvalue weighted by molar-refractivity contribution is -0.120. The van der Waals surface area contributed by atoms with Crippen LogP contribution in [0.5, 0.6) is 0 Å². The average Bonchev–Trinajstić information content (AvgIpc) is 2.41. The van der Waals surface area contributed by atoms with E-state index in [-0.39, 0.29) is 12.3 Å². The van der Waals surface area contributed by atoms with Crippen molar-refractivity contribution in [2.75, 3.05) is 19.6 Å². The molecule has 1 amide bonds. The molecule has 1 aliphatic rings. The summed E-state index contributed by atoms with van der Waals surface area (Å²) in [6.45, 7) is 2.48. The van der Waals surface area contributed by atoms with E-state index in [1.54, 1.807) is 18.2 Å². The first-order chi connectivity index (χ1) is 9.15. The van der Waals surface area contributed by atoms with Gasteiger partial charge in [0.2, 0.25) is 5.91 Å². The van der Waals surface area contributed by atoms with Crippen LogP contribution in [-0.4, -0.2) is 25.5 Å². The summed E-state index contributed by atoms with van der Waals surface area (Å²) >= 11 is 11.9. The van der Waals surface area contributed by atoms with Gasteiger partial charge in [0.25, 0.3) is 0 Å². The molecule has 2 N–H and O–H groups in total. The van der Waals surface area contributed by atoms with Gasteiger partial charge in [-0.05, 0) is 30.7 Å². The van der Waals surface area contributed by atoms with Crippen molar-refractivity contribution < 1.29 is 4.79 Å². The van der Waals surface area contributed by atoms with Crippen LogP contribution in [0.1, 0.15) is 12.0 Å². The Labute approximate surface area is 123 Å². The van der Waals surface area contributed by atoms with Crippen LogP contribution >= 0.6 is 23.2 Å². The van der Waals surface area contributed by atoms with Crippen LogP contribution in [0.2, 0.25) is 10.0 Å². The molecular weight excluding hydrogens is 283 g/mol. The summed E-state index contributed by atoms with van der Waals surface area (Å²) in [6, 6.07) is 5.18. The molecule has 19 heavy (non-hydrogen) atoms. The van der Waals surface area contributed by atoms with Gasteiger partial charge in [0.05, 0.1) is 6.42 Å². The molecule has 1 aromatic rings. The Bertz CT molecular complexity index is 500. The molecule has 5 heteroatoms. The second kappa shape index (κ2) is 6.94. The number of halogens is 2. The zero-order chi connectivity index (χ0) is 13.7. The fraction of sp³-hybridized carbons (Fsp3) is 0.357. The summed E-state index contributed by atoms with van der Waals surface area (Å²) in [6.07, 6.45) is 3.39. The molecule has 1 heterocycles. The Kier molecular flexibility index (Phi) is 5.25. The van der Waals surface area contributed by atoms with Gasteiger partial charge in [-0.3, -0.25) is 4.79 Å². The van der Waals surface area contributed by atoms with Crippen molar-refractivity contribution in [1.29, 1.82) is 0 Å². The first kappa shape index (κ1) is 14.4. The molecule has 0 bridgehead atoms. The lowest BCUT2D eigenvalue weighted by Crippen LogP contribution is -2.30. The van der Waals surface area contributed by atoms with Gasteiger partial charge in [-0.1, -0.05) is 40.9 Å². The maximum atomic E-state index is 11.8. The maximum Gasteiger partial charge on any atom is 0.224 e. The van der Waals surface area contributed by atoms with Crippen LogP contribution in [-0.2, 0) is 11.2 Å². The molecule has 2 rings (SSSR count). The second-order valence-electron chi connectivity index (χ2n) is 4.51. The predicted octanol–water partition coefficient (Wildman–Crippen LogP) is 2.57. The summed E-state index contributed by atoms with van der Waals surface area (Å²) in [4.78, 5) is 11.8. The smallest absolute Gasteiger partial charge is 0.224 e. The van der Waals surface area contributed by atoms with Crippen molar-refractivity contribution in [3.8, 4) is 0 Å². The van der Waals surface area contributed by atoms with Crippen molar-refractivity contribution in [3.05, 3.63) is 45.5 Å². The van der Waals surface area contributed by atoms with E-state index in [1.165, 1.54) is 5.57 Å². The van der Waals surface area contributed by atoms with E-state index < -0.39 is 0 Å². The number of carbonyl (C=O) groups is 1. The van der Waals surface area contributed by atoms with Gasteiger partial charge < -0.3 is 10.6 Å². The molecule has 1 aliphatic heterocycles. The van der Waals surface area contributed by atoms with E-state index >= 15 is 0 Å². The van der Waals surface area contributed by atoms with Crippen molar-refractivity contribution in [2.45, 2.75) is 12.8 Å². The van der Waals surface area contributed by atoms with Gasteiger partial charge >= 0.3 is 0 Å². The molecule has 0 saturated carbocycles. The van der Waals surface area contributed by atoms with Crippen LogP contribution in [0.25, 0.3) is 0 Å². The molecule has 3 nitrogen and oxygen atoms in total. The van der Waals surface area contributed by atoms with Crippen molar-refractivity contribution in [1.82, 2.24) is 10.6 Å². The number of amides is 1. The molecular formula is C14H16Cl2N2O. The molecule has 0 atom stereocenters. The van der Waals surface area contributed by atoms with E-state index in [2.05, 4.69) is 16.7 Å². The molecule has 0 aliphatic carbocycles. The summed E-state index contributed by atoms with van der Waals surface area (Å²) in [5.41, 5.74) is 2.07. The highest BCUT2D eigenvalue weighted by Crippen LogP contribution is 2.21. The standard InChI is InChI=1S/C14H16Cl2N2O/c15-12-2-1-11(13(16)8-12)7-14(19)18-9-10-3-5-17-6-4-10/h1-3,8,17H,4-7,9H2,(H,18,19). The van der Waals surface area contributed by atoms with Gasteiger partial charge in [0.1, 0.15) is 0 Å². The van der Waals surface area contributed by atoms with Gasteiger partial charge in [-0.2, -0.15) is 0 Å². The topological polar surface area (TPSA) is 41.1 Å². The Morgan fingerprint density at radius 1 is 1.37 bits per heavy atom. The van der Waals surface area contributed by atoms with Crippen LogP contribution in [0.3, 0.4) is 0 Å². The minimum absolute atomic E-state index is 0.0244. The predicted molar refractivity (Wildman–Crippen MR) is 78.7 cm³/mol. The van der Waals surface area contributed by atoms with Crippen LogP contribution in [0, 0.1) is 0 Å². The number of hydrogen-bond donors (Lipinski definition) is 2. The number of benzene rings is 1. The number of rotatable bonds is 4. The fourth-order valence-electron chi connectivity index (χ4n) is 1.94. The lowest BCUT2D eigenvalue weighted by atomic mass is 10.1. The van der Waals surface area contributed by atoms with Gasteiger partial charge in [-0.15, -0.1) is 0 Å². The maximum absolute atomic E-state index is 11.8. The van der Waals surface area contributed by atoms with E-state index in [4.69, 9.17) is 23.2 Å². The zero-order valence-electron chi connectivity index (χ0n) is 10.5. The van der Waals surface area contributed by atoms with Crippen molar-refractivity contribution in [3.63, 3.8) is 0 Å². The molecule has 0 unspecified atom stereocenters. The molecule has 0 saturated heterocycles. The molecule has 0 spiro atoms. The third-order valence-corrected chi connectivity index (χ3v) is 3.62. The molecule has 0 aromatic heterocycles. The fourth-order valence-corrected chi connectivity index (χ4v) is 2.42. The highest BCUT2D eigenvalue weighted by atomic mass is 35.5.